The summed E-state index contributed by atoms with van der Waals surface area (Å²) in [7, 11) is 0. The minimum Gasteiger partial charge on any atom is -0.493 e. The van der Waals surface area contributed by atoms with Crippen LogP contribution in [0.3, 0.4) is 0 Å². The molecule has 0 spiro atoms. The topological polar surface area (TPSA) is 76.7 Å². The first kappa shape index (κ1) is 20.9. The number of hydrogen-bond donors (Lipinski definition) is 1. The third-order valence-electron chi connectivity index (χ3n) is 7.04. The van der Waals surface area contributed by atoms with E-state index in [2.05, 4.69) is 4.98 Å². The largest absolute Gasteiger partial charge is 0.493 e. The van der Waals surface area contributed by atoms with Gasteiger partial charge in [-0.3, -0.25) is 0 Å². The van der Waals surface area contributed by atoms with E-state index in [0.29, 0.717) is 17.4 Å². The molecule has 0 radical (unpaired) electrons. The number of nitrogens with zero attached hydrogens (tertiary/aromatic N) is 3. The zero-order chi connectivity index (χ0) is 23.1. The molecular formula is C28H27N3O3. The van der Waals surface area contributed by atoms with Crippen LogP contribution in [-0.2, 0) is 0 Å². The second-order valence-electron chi connectivity index (χ2n) is 9.50. The molecule has 2 aliphatic carbocycles. The summed E-state index contributed by atoms with van der Waals surface area (Å²) in [5, 5.41) is 14.6. The predicted octanol–water partition coefficient (Wildman–Crippen LogP) is 6.21. The van der Waals surface area contributed by atoms with Crippen molar-refractivity contribution < 1.29 is 14.6 Å². The normalized spacial score (nSPS) is 16.2. The molecule has 2 heterocycles. The highest BCUT2D eigenvalue weighted by Crippen LogP contribution is 2.38. The number of aromatic carboxylic acids is 1. The number of aromatic nitrogens is 3. The Morgan fingerprint density at radius 3 is 2.65 bits per heavy atom. The summed E-state index contributed by atoms with van der Waals surface area (Å²) in [6.07, 6.45) is 8.69. The van der Waals surface area contributed by atoms with Gasteiger partial charge in [0, 0.05) is 23.4 Å². The molecule has 1 N–H and O–H groups in total. The number of fused-ring (bicyclic) bond motifs is 1. The molecule has 2 aliphatic rings. The Balaban J connectivity index is 1.38. The van der Waals surface area contributed by atoms with Crippen molar-refractivity contribution in [2.75, 3.05) is 6.61 Å². The zero-order valence-electron chi connectivity index (χ0n) is 19.0. The van der Waals surface area contributed by atoms with Gasteiger partial charge in [-0.2, -0.15) is 5.10 Å². The van der Waals surface area contributed by atoms with Crippen LogP contribution in [0.25, 0.3) is 28.2 Å². The monoisotopic (exact) mass is 453 g/mol. The molecule has 0 atom stereocenters. The first-order valence-electron chi connectivity index (χ1n) is 12.1. The van der Waals surface area contributed by atoms with E-state index < -0.39 is 5.97 Å². The van der Waals surface area contributed by atoms with Gasteiger partial charge in [-0.1, -0.05) is 31.0 Å². The standard InChI is InChI=1S/C28H27N3O3/c32-28(33)23-11-10-21(15-24(23)19-4-1-2-5-19)26-12-13-29-27-16-25(30-31(26)27)20-6-3-7-22(14-20)34-17-18-8-9-18/h3,6-7,10-16,18-19H,1-2,4-5,8-9,17H2,(H,32,33). The Bertz CT molecular complexity index is 1370. The molecule has 6 nitrogen and oxygen atoms in total. The fourth-order valence-corrected chi connectivity index (χ4v) is 4.99. The number of hydrogen-bond acceptors (Lipinski definition) is 4. The van der Waals surface area contributed by atoms with E-state index in [0.717, 1.165) is 71.8 Å². The van der Waals surface area contributed by atoms with E-state index >= 15 is 0 Å². The van der Waals surface area contributed by atoms with Crippen molar-refractivity contribution in [3.8, 4) is 28.3 Å². The maximum atomic E-state index is 11.9. The number of carboxylic acids is 1. The number of carbonyl (C=O) groups is 1. The van der Waals surface area contributed by atoms with Gasteiger partial charge in [0.1, 0.15) is 5.75 Å². The first-order valence-corrected chi connectivity index (χ1v) is 12.1. The summed E-state index contributed by atoms with van der Waals surface area (Å²) in [4.78, 5) is 16.4. The number of benzene rings is 2. The molecule has 6 rings (SSSR count). The minimum atomic E-state index is -0.863. The molecule has 0 unspecified atom stereocenters. The third-order valence-corrected chi connectivity index (χ3v) is 7.04. The molecule has 34 heavy (non-hydrogen) atoms. The van der Waals surface area contributed by atoms with E-state index in [1.807, 2.05) is 53.0 Å². The van der Waals surface area contributed by atoms with E-state index in [9.17, 15) is 9.90 Å². The molecule has 4 aromatic rings. The summed E-state index contributed by atoms with van der Waals surface area (Å²) >= 11 is 0. The van der Waals surface area contributed by atoms with Crippen LogP contribution in [0.1, 0.15) is 60.4 Å². The van der Waals surface area contributed by atoms with Gasteiger partial charge in [0.15, 0.2) is 5.65 Å². The lowest BCUT2D eigenvalue weighted by molar-refractivity contribution is 0.0695. The smallest absolute Gasteiger partial charge is 0.335 e. The molecule has 2 aromatic heterocycles. The maximum Gasteiger partial charge on any atom is 0.335 e. The predicted molar refractivity (Wildman–Crippen MR) is 130 cm³/mol. The second-order valence-corrected chi connectivity index (χ2v) is 9.50. The van der Waals surface area contributed by atoms with Crippen LogP contribution in [0.4, 0.5) is 0 Å². The second kappa shape index (κ2) is 8.60. The van der Waals surface area contributed by atoms with E-state index in [1.54, 1.807) is 12.3 Å². The zero-order valence-corrected chi connectivity index (χ0v) is 19.0. The van der Waals surface area contributed by atoms with Crippen LogP contribution >= 0.6 is 0 Å². The van der Waals surface area contributed by atoms with Gasteiger partial charge in [-0.25, -0.2) is 14.3 Å². The van der Waals surface area contributed by atoms with E-state index in [4.69, 9.17) is 9.84 Å². The molecular weight excluding hydrogens is 426 g/mol. The van der Waals surface area contributed by atoms with Crippen LogP contribution in [0.15, 0.2) is 60.8 Å². The van der Waals surface area contributed by atoms with Crippen molar-refractivity contribution in [3.05, 3.63) is 71.9 Å². The van der Waals surface area contributed by atoms with Crippen molar-refractivity contribution >= 4 is 11.6 Å². The molecule has 6 heteroatoms. The Morgan fingerprint density at radius 1 is 1.00 bits per heavy atom. The molecule has 172 valence electrons. The van der Waals surface area contributed by atoms with Gasteiger partial charge < -0.3 is 9.84 Å². The Labute approximate surface area is 198 Å². The minimum absolute atomic E-state index is 0.301. The first-order chi connectivity index (χ1) is 16.7. The lowest BCUT2D eigenvalue weighted by Crippen LogP contribution is -2.06. The molecule has 0 aliphatic heterocycles. The van der Waals surface area contributed by atoms with Crippen LogP contribution in [0.2, 0.25) is 0 Å². The Morgan fingerprint density at radius 2 is 1.85 bits per heavy atom. The molecule has 2 saturated carbocycles. The van der Waals surface area contributed by atoms with Crippen LogP contribution in [0.5, 0.6) is 5.75 Å². The summed E-state index contributed by atoms with van der Waals surface area (Å²) in [5.41, 5.74) is 5.75. The quantitative estimate of drug-likeness (QED) is 0.360. The fraction of sp³-hybridized carbons (Fsp3) is 0.321. The van der Waals surface area contributed by atoms with Crippen molar-refractivity contribution in [2.24, 2.45) is 5.92 Å². The van der Waals surface area contributed by atoms with Gasteiger partial charge in [-0.05, 0) is 73.4 Å². The molecule has 2 fully saturated rings. The summed E-state index contributed by atoms with van der Waals surface area (Å²) in [6, 6.07) is 17.6. The highest BCUT2D eigenvalue weighted by atomic mass is 16.5. The molecule has 2 aromatic carbocycles. The van der Waals surface area contributed by atoms with Crippen LogP contribution in [0, 0.1) is 5.92 Å². The summed E-state index contributed by atoms with van der Waals surface area (Å²) < 4.78 is 7.80. The SMILES string of the molecule is O=C(O)c1ccc(-c2ccnc3cc(-c4cccc(OCC5CC5)c4)nn23)cc1C1CCCC1. The number of ether oxygens (including phenoxy) is 1. The van der Waals surface area contributed by atoms with Crippen molar-refractivity contribution in [1.29, 1.82) is 0 Å². The van der Waals surface area contributed by atoms with E-state index in [1.165, 1.54) is 12.8 Å². The van der Waals surface area contributed by atoms with Gasteiger partial charge in [0.2, 0.25) is 0 Å². The van der Waals surface area contributed by atoms with Crippen LogP contribution in [-0.4, -0.2) is 32.3 Å². The van der Waals surface area contributed by atoms with Crippen molar-refractivity contribution in [3.63, 3.8) is 0 Å². The third kappa shape index (κ3) is 4.04. The van der Waals surface area contributed by atoms with Gasteiger partial charge in [-0.15, -0.1) is 0 Å². The lowest BCUT2D eigenvalue weighted by atomic mass is 9.90. The van der Waals surface area contributed by atoms with Crippen LogP contribution < -0.4 is 4.74 Å². The van der Waals surface area contributed by atoms with Gasteiger partial charge in [0.05, 0.1) is 23.6 Å². The van der Waals surface area contributed by atoms with Crippen molar-refractivity contribution in [2.45, 2.75) is 44.4 Å². The highest BCUT2D eigenvalue weighted by Gasteiger charge is 2.24. The number of rotatable bonds is 7. The average molecular weight is 454 g/mol. The van der Waals surface area contributed by atoms with Gasteiger partial charge in [0.25, 0.3) is 0 Å². The van der Waals surface area contributed by atoms with Crippen molar-refractivity contribution in [1.82, 2.24) is 14.6 Å². The average Bonchev–Trinajstić information content (AvgIpc) is 3.33. The highest BCUT2D eigenvalue weighted by molar-refractivity contribution is 5.90. The fourth-order valence-electron chi connectivity index (χ4n) is 4.99. The maximum absolute atomic E-state index is 11.9. The molecule has 0 saturated heterocycles. The lowest BCUT2D eigenvalue weighted by Gasteiger charge is -2.15. The number of carboxylic acid groups (broad SMARTS) is 1. The Hall–Kier alpha value is -3.67. The van der Waals surface area contributed by atoms with E-state index in [-0.39, 0.29) is 0 Å². The summed E-state index contributed by atoms with van der Waals surface area (Å²) in [5.74, 6) is 1.00. The Kier molecular flexibility index (Phi) is 5.28. The summed E-state index contributed by atoms with van der Waals surface area (Å²) in [6.45, 7) is 0.774. The molecule has 0 amide bonds. The van der Waals surface area contributed by atoms with Gasteiger partial charge >= 0.3 is 5.97 Å². The molecule has 0 bridgehead atoms.